The van der Waals surface area contributed by atoms with Crippen LogP contribution in [0, 0.1) is 6.92 Å². The molecule has 1 saturated heterocycles. The van der Waals surface area contributed by atoms with Crippen molar-refractivity contribution in [1.82, 2.24) is 25.4 Å². The third kappa shape index (κ3) is 5.57. The lowest BCUT2D eigenvalue weighted by Gasteiger charge is -2.35. The summed E-state index contributed by atoms with van der Waals surface area (Å²) in [4.78, 5) is 21.5. The van der Waals surface area contributed by atoms with Crippen LogP contribution in [-0.4, -0.2) is 75.5 Å². The number of rotatable bonds is 5. The molecular weight excluding hydrogens is 392 g/mol. The molecule has 8 nitrogen and oxygen atoms in total. The Labute approximate surface area is 183 Å². The summed E-state index contributed by atoms with van der Waals surface area (Å²) >= 11 is 0. The van der Waals surface area contributed by atoms with Gasteiger partial charge >= 0.3 is 0 Å². The van der Waals surface area contributed by atoms with Gasteiger partial charge in [0.1, 0.15) is 0 Å². The van der Waals surface area contributed by atoms with E-state index in [4.69, 9.17) is 4.98 Å². The minimum absolute atomic E-state index is 0.0689. The molecule has 1 aliphatic carbocycles. The van der Waals surface area contributed by atoms with E-state index in [0.717, 1.165) is 68.7 Å². The van der Waals surface area contributed by atoms with Crippen molar-refractivity contribution < 1.29 is 9.90 Å². The summed E-state index contributed by atoms with van der Waals surface area (Å²) in [6, 6.07) is 8.31. The van der Waals surface area contributed by atoms with Crippen LogP contribution < -0.4 is 10.2 Å². The van der Waals surface area contributed by atoms with Gasteiger partial charge in [-0.05, 0) is 45.1 Å². The number of hydrogen-bond donors (Lipinski definition) is 2. The summed E-state index contributed by atoms with van der Waals surface area (Å²) in [6.07, 6.45) is 4.87. The Bertz CT molecular complexity index is 900. The van der Waals surface area contributed by atoms with Crippen LogP contribution in [0.5, 0.6) is 0 Å². The highest BCUT2D eigenvalue weighted by atomic mass is 16.3. The van der Waals surface area contributed by atoms with Crippen molar-refractivity contribution in [3.8, 4) is 11.3 Å². The van der Waals surface area contributed by atoms with E-state index in [2.05, 4.69) is 38.3 Å². The topological polar surface area (TPSA) is 94.5 Å². The lowest BCUT2D eigenvalue weighted by molar-refractivity contribution is -0.123. The number of carbonyl (C=O) groups excluding carboxylic acids is 1. The second kappa shape index (κ2) is 9.28. The number of nitrogens with one attached hydrogen (secondary N) is 1. The van der Waals surface area contributed by atoms with E-state index in [1.807, 2.05) is 25.1 Å². The molecule has 2 aliphatic rings. The molecule has 166 valence electrons. The van der Waals surface area contributed by atoms with Crippen LogP contribution >= 0.6 is 0 Å². The van der Waals surface area contributed by atoms with Crippen molar-refractivity contribution in [2.24, 2.45) is 0 Å². The Hall–Kier alpha value is -2.58. The Morgan fingerprint density at radius 1 is 1.19 bits per heavy atom. The van der Waals surface area contributed by atoms with Gasteiger partial charge in [-0.3, -0.25) is 9.69 Å². The summed E-state index contributed by atoms with van der Waals surface area (Å²) in [5.41, 5.74) is 2.48. The number of aliphatic hydroxyl groups is 1. The SMILES string of the molecule is Cc1ccccc1-c1cnnc(N2CCN(CC(=O)NC3CCC(C)(O)CC3)CC2)n1. The number of anilines is 1. The Morgan fingerprint density at radius 2 is 1.90 bits per heavy atom. The summed E-state index contributed by atoms with van der Waals surface area (Å²) in [6.45, 7) is 7.44. The maximum absolute atomic E-state index is 12.5. The first-order valence-electron chi connectivity index (χ1n) is 11.1. The highest BCUT2D eigenvalue weighted by Crippen LogP contribution is 2.27. The van der Waals surface area contributed by atoms with Gasteiger partial charge in [-0.25, -0.2) is 4.98 Å². The molecule has 2 fully saturated rings. The molecule has 2 N–H and O–H groups in total. The van der Waals surface area contributed by atoms with E-state index in [0.29, 0.717) is 12.5 Å². The van der Waals surface area contributed by atoms with E-state index in [1.54, 1.807) is 6.20 Å². The summed E-state index contributed by atoms with van der Waals surface area (Å²) < 4.78 is 0. The molecule has 0 bridgehead atoms. The Balaban J connectivity index is 1.28. The van der Waals surface area contributed by atoms with Crippen LogP contribution in [0.4, 0.5) is 5.95 Å². The van der Waals surface area contributed by atoms with Crippen molar-refractivity contribution >= 4 is 11.9 Å². The van der Waals surface area contributed by atoms with Gasteiger partial charge in [-0.2, -0.15) is 5.10 Å². The fourth-order valence-corrected chi connectivity index (χ4v) is 4.38. The predicted molar refractivity (Wildman–Crippen MR) is 120 cm³/mol. The van der Waals surface area contributed by atoms with Gasteiger partial charge in [-0.15, -0.1) is 5.10 Å². The Morgan fingerprint density at radius 3 is 2.61 bits per heavy atom. The average molecular weight is 425 g/mol. The zero-order valence-electron chi connectivity index (χ0n) is 18.4. The number of aryl methyl sites for hydroxylation is 1. The average Bonchev–Trinajstić information content (AvgIpc) is 2.76. The number of hydrogen-bond acceptors (Lipinski definition) is 7. The number of benzene rings is 1. The quantitative estimate of drug-likeness (QED) is 0.755. The highest BCUT2D eigenvalue weighted by molar-refractivity contribution is 5.78. The first-order valence-corrected chi connectivity index (χ1v) is 11.1. The molecule has 0 spiro atoms. The lowest BCUT2D eigenvalue weighted by Crippen LogP contribution is -2.51. The molecule has 2 aromatic rings. The van der Waals surface area contributed by atoms with Crippen LogP contribution in [0.2, 0.25) is 0 Å². The highest BCUT2D eigenvalue weighted by Gasteiger charge is 2.30. The summed E-state index contributed by atoms with van der Waals surface area (Å²) in [5, 5.41) is 21.6. The third-order valence-electron chi connectivity index (χ3n) is 6.42. The fraction of sp³-hybridized carbons (Fsp3) is 0.565. The van der Waals surface area contributed by atoms with Gasteiger partial charge in [0.05, 0.1) is 24.0 Å². The first-order chi connectivity index (χ1) is 14.9. The second-order valence-corrected chi connectivity index (χ2v) is 9.06. The molecule has 0 unspecified atom stereocenters. The van der Waals surface area contributed by atoms with Crippen LogP contribution in [0.1, 0.15) is 38.2 Å². The van der Waals surface area contributed by atoms with Crippen LogP contribution in [0.25, 0.3) is 11.3 Å². The summed E-state index contributed by atoms with van der Waals surface area (Å²) in [5.74, 6) is 0.707. The van der Waals surface area contributed by atoms with Crippen LogP contribution in [-0.2, 0) is 4.79 Å². The van der Waals surface area contributed by atoms with Crippen molar-refractivity contribution in [3.63, 3.8) is 0 Å². The van der Waals surface area contributed by atoms with E-state index >= 15 is 0 Å². The van der Waals surface area contributed by atoms with Crippen molar-refractivity contribution in [1.29, 1.82) is 0 Å². The minimum atomic E-state index is -0.578. The van der Waals surface area contributed by atoms with Crippen molar-refractivity contribution in [2.45, 2.75) is 51.2 Å². The van der Waals surface area contributed by atoms with Gasteiger partial charge < -0.3 is 15.3 Å². The molecule has 8 heteroatoms. The molecule has 4 rings (SSSR count). The molecule has 2 heterocycles. The standard InChI is InChI=1S/C23H32N6O2/c1-17-5-3-4-6-19(17)20-15-24-27-22(26-20)29-13-11-28(12-14-29)16-21(30)25-18-7-9-23(2,31)10-8-18/h3-6,15,18,31H,7-14,16H2,1-2H3,(H,25,30). The fourth-order valence-electron chi connectivity index (χ4n) is 4.38. The minimum Gasteiger partial charge on any atom is -0.390 e. The van der Waals surface area contributed by atoms with E-state index in [9.17, 15) is 9.90 Å². The maximum Gasteiger partial charge on any atom is 0.245 e. The molecule has 1 aromatic heterocycles. The molecule has 31 heavy (non-hydrogen) atoms. The number of piperazine rings is 1. The third-order valence-corrected chi connectivity index (χ3v) is 6.42. The molecule has 1 saturated carbocycles. The van der Waals surface area contributed by atoms with Crippen molar-refractivity contribution in [2.75, 3.05) is 37.6 Å². The van der Waals surface area contributed by atoms with Gasteiger partial charge in [0.15, 0.2) is 0 Å². The smallest absolute Gasteiger partial charge is 0.245 e. The second-order valence-electron chi connectivity index (χ2n) is 9.06. The zero-order chi connectivity index (χ0) is 21.8. The lowest BCUT2D eigenvalue weighted by atomic mass is 9.83. The molecule has 1 aromatic carbocycles. The molecule has 0 atom stereocenters. The maximum atomic E-state index is 12.5. The monoisotopic (exact) mass is 424 g/mol. The van der Waals surface area contributed by atoms with Crippen molar-refractivity contribution in [3.05, 3.63) is 36.0 Å². The van der Waals surface area contributed by atoms with E-state index in [-0.39, 0.29) is 11.9 Å². The predicted octanol–water partition coefficient (Wildman–Crippen LogP) is 1.78. The molecular formula is C23H32N6O2. The van der Waals surface area contributed by atoms with E-state index < -0.39 is 5.60 Å². The zero-order valence-corrected chi connectivity index (χ0v) is 18.4. The molecule has 1 amide bonds. The normalized spacial score (nSPS) is 24.7. The van der Waals surface area contributed by atoms with Gasteiger partial charge in [0.25, 0.3) is 0 Å². The van der Waals surface area contributed by atoms with E-state index in [1.165, 1.54) is 0 Å². The number of aromatic nitrogens is 3. The van der Waals surface area contributed by atoms with Crippen LogP contribution in [0.15, 0.2) is 30.5 Å². The van der Waals surface area contributed by atoms with Gasteiger partial charge in [0, 0.05) is 37.8 Å². The molecule has 1 aliphatic heterocycles. The molecule has 0 radical (unpaired) electrons. The summed E-state index contributed by atoms with van der Waals surface area (Å²) in [7, 11) is 0. The first kappa shape index (κ1) is 21.6. The van der Waals surface area contributed by atoms with Gasteiger partial charge in [-0.1, -0.05) is 24.3 Å². The largest absolute Gasteiger partial charge is 0.390 e. The Kier molecular flexibility index (Phi) is 6.48. The number of amides is 1. The number of nitrogens with zero attached hydrogens (tertiary/aromatic N) is 5. The number of carbonyl (C=O) groups is 1. The van der Waals surface area contributed by atoms with Gasteiger partial charge in [0.2, 0.25) is 11.9 Å². The van der Waals surface area contributed by atoms with Crippen LogP contribution in [0.3, 0.4) is 0 Å².